The Morgan fingerprint density at radius 1 is 0.938 bits per heavy atom. The first-order valence-corrected chi connectivity index (χ1v) is 19.9. The second kappa shape index (κ2) is 18.2. The lowest BCUT2D eigenvalue weighted by Crippen LogP contribution is -2.67. The highest BCUT2D eigenvalue weighted by Gasteiger charge is 2.50. The molecule has 1 aliphatic rings. The summed E-state index contributed by atoms with van der Waals surface area (Å²) in [6.45, 7) is 20.2. The molecule has 0 radical (unpaired) electrons. The molecule has 1 aliphatic heterocycles. The fourth-order valence-electron chi connectivity index (χ4n) is 7.52. The van der Waals surface area contributed by atoms with Gasteiger partial charge in [-0.15, -0.1) is 0 Å². The second-order valence-corrected chi connectivity index (χ2v) is 19.8. The van der Waals surface area contributed by atoms with Crippen molar-refractivity contribution in [3.05, 3.63) is 72.3 Å². The van der Waals surface area contributed by atoms with Crippen molar-refractivity contribution in [3.8, 4) is 0 Å². The fraction of sp³-hybridized carbons (Fsp3) is 0.634. The average Bonchev–Trinajstić information content (AvgIpc) is 3.05. The highest BCUT2D eigenvalue weighted by atomic mass is 28.4. The van der Waals surface area contributed by atoms with Gasteiger partial charge in [-0.2, -0.15) is 0 Å². The molecule has 0 bridgehead atoms. The van der Waals surface area contributed by atoms with Crippen LogP contribution in [-0.2, 0) is 28.2 Å². The molecule has 7 atom stereocenters. The number of ether oxygens (including phenoxy) is 4. The van der Waals surface area contributed by atoms with Gasteiger partial charge in [0.15, 0.2) is 5.79 Å². The quantitative estimate of drug-likeness (QED) is 0.0901. The Morgan fingerprint density at radius 3 is 2.02 bits per heavy atom. The summed E-state index contributed by atoms with van der Waals surface area (Å²) in [4.78, 5) is 11.3. The monoisotopic (exact) mass is 680 g/mol. The van der Waals surface area contributed by atoms with E-state index in [1.807, 2.05) is 13.8 Å². The Hall–Kier alpha value is -2.13. The lowest BCUT2D eigenvalue weighted by Gasteiger charge is -2.46. The van der Waals surface area contributed by atoms with Crippen LogP contribution in [0.5, 0.6) is 0 Å². The average molecular weight is 681 g/mol. The highest BCUT2D eigenvalue weighted by molar-refractivity contribution is 6.99. The van der Waals surface area contributed by atoms with Gasteiger partial charge in [-0.1, -0.05) is 108 Å². The van der Waals surface area contributed by atoms with Crippen LogP contribution in [0.4, 0.5) is 0 Å². The number of allylic oxidation sites excluding steroid dienone is 1. The van der Waals surface area contributed by atoms with Gasteiger partial charge in [0.25, 0.3) is 8.32 Å². The molecule has 6 nitrogen and oxygen atoms in total. The van der Waals surface area contributed by atoms with E-state index < -0.39 is 14.1 Å². The van der Waals surface area contributed by atoms with Crippen molar-refractivity contribution in [2.75, 3.05) is 20.8 Å². The number of aldehydes is 1. The van der Waals surface area contributed by atoms with Crippen molar-refractivity contribution in [2.45, 2.75) is 130 Å². The molecule has 0 saturated carbocycles. The SMILES string of the molecule is CO[C@@H](CO[Si](c1ccccc1)(c1ccccc1)C(C)(C)C)C[C@H](C)C/C=C(\C)[C@H](CC[C@@H](C)[C@H]1OC(C)(C)O[C@H](CC=O)[C@H]1C)OC. The lowest BCUT2D eigenvalue weighted by molar-refractivity contribution is -0.326. The van der Waals surface area contributed by atoms with Gasteiger partial charge < -0.3 is 28.2 Å². The Kier molecular flexibility index (Phi) is 15.3. The molecule has 1 saturated heterocycles. The van der Waals surface area contributed by atoms with E-state index in [1.54, 1.807) is 14.2 Å². The topological polar surface area (TPSA) is 63.2 Å². The third-order valence-corrected chi connectivity index (χ3v) is 15.3. The van der Waals surface area contributed by atoms with Crippen LogP contribution in [-0.4, -0.2) is 65.6 Å². The maximum absolute atomic E-state index is 11.3. The Morgan fingerprint density at radius 2 is 1.52 bits per heavy atom. The zero-order chi connectivity index (χ0) is 35.5. The molecular weight excluding hydrogens is 617 g/mol. The number of hydrogen-bond donors (Lipinski definition) is 0. The van der Waals surface area contributed by atoms with Crippen LogP contribution in [0.2, 0.25) is 5.04 Å². The van der Waals surface area contributed by atoms with Gasteiger partial charge >= 0.3 is 0 Å². The van der Waals surface area contributed by atoms with Gasteiger partial charge in [0.05, 0.1) is 31.0 Å². The van der Waals surface area contributed by atoms with E-state index >= 15 is 0 Å². The minimum Gasteiger partial charge on any atom is -0.405 e. The van der Waals surface area contributed by atoms with Gasteiger partial charge in [0.1, 0.15) is 6.29 Å². The number of methoxy groups -OCH3 is 2. The van der Waals surface area contributed by atoms with Gasteiger partial charge in [0, 0.05) is 26.6 Å². The van der Waals surface area contributed by atoms with Crippen LogP contribution in [0.3, 0.4) is 0 Å². The third kappa shape index (κ3) is 10.4. The van der Waals surface area contributed by atoms with Crippen molar-refractivity contribution in [1.29, 1.82) is 0 Å². The molecule has 48 heavy (non-hydrogen) atoms. The maximum atomic E-state index is 11.3. The van der Waals surface area contributed by atoms with Crippen molar-refractivity contribution < 1.29 is 28.2 Å². The van der Waals surface area contributed by atoms with Crippen LogP contribution in [0.25, 0.3) is 0 Å². The molecule has 2 aromatic carbocycles. The molecule has 2 aromatic rings. The van der Waals surface area contributed by atoms with Crippen molar-refractivity contribution >= 4 is 25.0 Å². The minimum absolute atomic E-state index is 0.0109. The number of benzene rings is 2. The summed E-state index contributed by atoms with van der Waals surface area (Å²) in [6, 6.07) is 21.6. The number of rotatable bonds is 18. The molecule has 1 fully saturated rings. The standard InChI is InChI=1S/C41H64O6Si/c1-30(22-23-31(2)37(44-11)25-24-32(3)39-33(4)38(26-27-42)46-41(8,9)47-39)28-34(43-10)29-45-48(40(5,6)7,35-18-14-12-15-19-35)36-20-16-13-17-21-36/h12-21,23,27,30,32-34,37-39H,22,24-26,28-29H2,1-11H3/b31-23+/t30-,32-,33-,34-,37+,38-,39-/m1/s1. The van der Waals surface area contributed by atoms with Crippen LogP contribution in [0.15, 0.2) is 72.3 Å². The molecule has 268 valence electrons. The summed E-state index contributed by atoms with van der Waals surface area (Å²) < 4.78 is 31.7. The molecule has 0 spiro atoms. The molecule has 3 rings (SSSR count). The van der Waals surface area contributed by atoms with E-state index in [1.165, 1.54) is 15.9 Å². The lowest BCUT2D eigenvalue weighted by atomic mass is 9.83. The molecule has 1 heterocycles. The fourth-order valence-corrected chi connectivity index (χ4v) is 12.1. The summed E-state index contributed by atoms with van der Waals surface area (Å²) in [5.74, 6) is 0.166. The van der Waals surface area contributed by atoms with Crippen molar-refractivity contribution in [2.24, 2.45) is 17.8 Å². The maximum Gasteiger partial charge on any atom is 0.261 e. The summed E-state index contributed by atoms with van der Waals surface area (Å²) >= 11 is 0. The van der Waals surface area contributed by atoms with Crippen LogP contribution in [0.1, 0.15) is 94.4 Å². The Labute approximate surface area is 293 Å². The van der Waals surface area contributed by atoms with Crippen LogP contribution < -0.4 is 10.4 Å². The number of carbonyl (C=O) groups is 1. The van der Waals surface area contributed by atoms with Crippen LogP contribution in [0, 0.1) is 17.8 Å². The predicted molar refractivity (Wildman–Crippen MR) is 199 cm³/mol. The van der Waals surface area contributed by atoms with E-state index in [0.29, 0.717) is 24.9 Å². The normalized spacial score (nSPS) is 22.9. The third-order valence-electron chi connectivity index (χ3n) is 10.3. The molecule has 0 amide bonds. The van der Waals surface area contributed by atoms with E-state index in [0.717, 1.165) is 32.0 Å². The first-order valence-electron chi connectivity index (χ1n) is 18.0. The summed E-state index contributed by atoms with van der Waals surface area (Å²) in [5, 5.41) is 2.49. The van der Waals surface area contributed by atoms with Gasteiger partial charge in [-0.3, -0.25) is 0 Å². The van der Waals surface area contributed by atoms with Crippen molar-refractivity contribution in [3.63, 3.8) is 0 Å². The summed E-state index contributed by atoms with van der Waals surface area (Å²) in [5.41, 5.74) is 1.26. The van der Waals surface area contributed by atoms with Gasteiger partial charge in [-0.25, -0.2) is 0 Å². The van der Waals surface area contributed by atoms with Crippen LogP contribution >= 0.6 is 0 Å². The number of carbonyl (C=O) groups excluding carboxylic acids is 1. The number of hydrogen-bond acceptors (Lipinski definition) is 6. The van der Waals surface area contributed by atoms with Gasteiger partial charge in [0.2, 0.25) is 0 Å². The first-order chi connectivity index (χ1) is 22.7. The zero-order valence-corrected chi connectivity index (χ0v) is 32.7. The largest absolute Gasteiger partial charge is 0.405 e. The summed E-state index contributed by atoms with van der Waals surface area (Å²) in [7, 11) is 0.980. The molecule has 0 aromatic heterocycles. The highest BCUT2D eigenvalue weighted by Crippen LogP contribution is 2.38. The Balaban J connectivity index is 1.63. The molecular formula is C41H64O6Si. The Bertz CT molecular complexity index is 1220. The molecule has 0 aliphatic carbocycles. The molecule has 0 unspecified atom stereocenters. The van der Waals surface area contributed by atoms with E-state index in [-0.39, 0.29) is 35.4 Å². The van der Waals surface area contributed by atoms with Crippen molar-refractivity contribution in [1.82, 2.24) is 0 Å². The minimum atomic E-state index is -2.63. The van der Waals surface area contributed by atoms with E-state index in [2.05, 4.69) is 115 Å². The first kappa shape index (κ1) is 40.3. The second-order valence-electron chi connectivity index (χ2n) is 15.5. The predicted octanol–water partition coefficient (Wildman–Crippen LogP) is 8.12. The molecule has 7 heteroatoms. The van der Waals surface area contributed by atoms with Gasteiger partial charge in [-0.05, 0) is 79.3 Å². The van der Waals surface area contributed by atoms with E-state index in [4.69, 9.17) is 23.4 Å². The smallest absolute Gasteiger partial charge is 0.261 e. The zero-order valence-electron chi connectivity index (χ0n) is 31.7. The molecule has 0 N–H and O–H groups in total. The van der Waals surface area contributed by atoms with E-state index in [9.17, 15) is 4.79 Å². The summed E-state index contributed by atoms with van der Waals surface area (Å²) in [6.07, 6.45) is 7.36.